The molecule has 7 aromatic carbocycles. The van der Waals surface area contributed by atoms with Crippen LogP contribution in [0.4, 0.5) is 17.1 Å². The summed E-state index contributed by atoms with van der Waals surface area (Å²) >= 11 is 0. The van der Waals surface area contributed by atoms with Gasteiger partial charge in [0.1, 0.15) is 11.7 Å². The quantitative estimate of drug-likeness (QED) is 0.207. The number of oxazole rings is 1. The molecule has 0 aliphatic carbocycles. The van der Waals surface area contributed by atoms with Crippen LogP contribution in [-0.2, 0) is 0 Å². The molecule has 2 aromatic heterocycles. The smallest absolute Gasteiger partial charge is 0.227 e. The van der Waals surface area contributed by atoms with Crippen LogP contribution in [0.1, 0.15) is 11.7 Å². The van der Waals surface area contributed by atoms with Crippen molar-refractivity contribution >= 4 is 66.7 Å². The summed E-state index contributed by atoms with van der Waals surface area (Å²) < 4.78 is 8.45. The van der Waals surface area contributed by atoms with Crippen LogP contribution in [0.5, 0.6) is 0 Å². The molecule has 0 bridgehead atoms. The fraction of sp³-hybridized carbons (Fsp3) is 0.0233. The summed E-state index contributed by atoms with van der Waals surface area (Å²) in [6.07, 6.45) is -0.0670. The molecule has 1 atom stereocenters. The van der Waals surface area contributed by atoms with E-state index in [4.69, 9.17) is 14.4 Å². The molecule has 1 N–H and O–H groups in total. The van der Waals surface area contributed by atoms with Crippen LogP contribution in [0.25, 0.3) is 66.3 Å². The first-order chi connectivity index (χ1) is 24.3. The number of hydrogen-bond acceptors (Lipinski definition) is 5. The number of anilines is 2. The predicted molar refractivity (Wildman–Crippen MR) is 200 cm³/mol. The van der Waals surface area contributed by atoms with Crippen molar-refractivity contribution < 1.29 is 4.42 Å². The summed E-state index contributed by atoms with van der Waals surface area (Å²) in [7, 11) is 0. The molecule has 230 valence electrons. The van der Waals surface area contributed by atoms with Gasteiger partial charge in [0, 0.05) is 27.3 Å². The first kappa shape index (κ1) is 26.4. The van der Waals surface area contributed by atoms with Crippen molar-refractivity contribution in [1.82, 2.24) is 9.55 Å². The topological polar surface area (TPSA) is 58.6 Å². The highest BCUT2D eigenvalue weighted by Crippen LogP contribution is 2.48. The lowest BCUT2D eigenvalue weighted by Gasteiger charge is -2.33. The number of aliphatic imine (C=N–C) groups is 1. The molecule has 0 amide bonds. The van der Waals surface area contributed by atoms with Crippen LogP contribution in [-0.4, -0.2) is 15.5 Å². The number of nitrogens with one attached hydrogen (secondary N) is 1. The van der Waals surface area contributed by atoms with Gasteiger partial charge in [-0.2, -0.15) is 0 Å². The highest BCUT2D eigenvalue weighted by molar-refractivity contribution is 6.26. The summed E-state index contributed by atoms with van der Waals surface area (Å²) in [6.45, 7) is 0. The van der Waals surface area contributed by atoms with Gasteiger partial charge in [-0.25, -0.2) is 9.98 Å². The van der Waals surface area contributed by atoms with E-state index in [1.165, 1.54) is 27.1 Å². The van der Waals surface area contributed by atoms with Gasteiger partial charge in [0.25, 0.3) is 0 Å². The Hall–Kier alpha value is -6.66. The maximum absolute atomic E-state index is 6.08. The molecule has 49 heavy (non-hydrogen) atoms. The van der Waals surface area contributed by atoms with Gasteiger partial charge in [0.05, 0.1) is 28.1 Å². The Labute approximate surface area is 281 Å². The third-order valence-corrected chi connectivity index (χ3v) is 9.99. The van der Waals surface area contributed by atoms with E-state index in [2.05, 4.69) is 142 Å². The number of rotatable bonds is 2. The number of hydrogen-bond donors (Lipinski definition) is 1. The second-order valence-corrected chi connectivity index (χ2v) is 12.7. The summed E-state index contributed by atoms with van der Waals surface area (Å²) in [6, 6.07) is 53.2. The number of aromatic nitrogens is 2. The minimum absolute atomic E-state index is 0.0670. The van der Waals surface area contributed by atoms with Crippen molar-refractivity contribution in [1.29, 1.82) is 0 Å². The molecule has 0 radical (unpaired) electrons. The largest absolute Gasteiger partial charge is 0.436 e. The Kier molecular flexibility index (Phi) is 5.35. The van der Waals surface area contributed by atoms with Crippen LogP contribution >= 0.6 is 0 Å². The number of nitrogens with zero attached hydrogens (tertiary/aromatic N) is 4. The van der Waals surface area contributed by atoms with E-state index in [9.17, 15) is 0 Å². The van der Waals surface area contributed by atoms with E-state index in [1.807, 2.05) is 24.3 Å². The van der Waals surface area contributed by atoms with Gasteiger partial charge in [-0.1, -0.05) is 97.1 Å². The molecule has 0 spiro atoms. The maximum Gasteiger partial charge on any atom is 0.227 e. The van der Waals surface area contributed by atoms with Crippen LogP contribution in [0.3, 0.4) is 0 Å². The van der Waals surface area contributed by atoms with E-state index >= 15 is 0 Å². The zero-order valence-electron chi connectivity index (χ0n) is 26.2. The van der Waals surface area contributed by atoms with Crippen LogP contribution in [0, 0.1) is 0 Å². The Morgan fingerprint density at radius 3 is 2.22 bits per heavy atom. The molecule has 0 fully saturated rings. The van der Waals surface area contributed by atoms with Crippen molar-refractivity contribution in [3.63, 3.8) is 0 Å². The summed E-state index contributed by atoms with van der Waals surface area (Å²) in [5.74, 6) is 1.51. The Bertz CT molecular complexity index is 2790. The molecule has 0 saturated carbocycles. The SMILES string of the molecule is c1ccc2c(c1)N=C(n1c3ccccc3c3cc(-c4ccc(-c5nc6ccccc6o5)cc4)c4ccccc4c31)N1c3ccccc3NC21. The molecular formula is C43H27N5O. The summed E-state index contributed by atoms with van der Waals surface area (Å²) in [4.78, 5) is 12.5. The highest BCUT2D eigenvalue weighted by atomic mass is 16.3. The lowest BCUT2D eigenvalue weighted by Crippen LogP contribution is -2.40. The molecule has 1 unspecified atom stereocenters. The number of para-hydroxylation sites is 6. The highest BCUT2D eigenvalue weighted by Gasteiger charge is 2.39. The molecule has 4 heterocycles. The molecule has 6 nitrogen and oxygen atoms in total. The predicted octanol–water partition coefficient (Wildman–Crippen LogP) is 10.9. The van der Waals surface area contributed by atoms with E-state index in [0.717, 1.165) is 61.8 Å². The minimum Gasteiger partial charge on any atom is -0.436 e. The van der Waals surface area contributed by atoms with Crippen LogP contribution in [0.2, 0.25) is 0 Å². The number of benzene rings is 7. The van der Waals surface area contributed by atoms with Gasteiger partial charge >= 0.3 is 0 Å². The molecule has 9 aromatic rings. The van der Waals surface area contributed by atoms with Crippen molar-refractivity contribution in [3.05, 3.63) is 157 Å². The molecule has 0 saturated heterocycles. The van der Waals surface area contributed by atoms with Gasteiger partial charge in [-0.3, -0.25) is 9.47 Å². The van der Waals surface area contributed by atoms with Crippen molar-refractivity contribution in [3.8, 4) is 22.6 Å². The average molecular weight is 630 g/mol. The second kappa shape index (κ2) is 9.92. The second-order valence-electron chi connectivity index (χ2n) is 12.7. The summed E-state index contributed by atoms with van der Waals surface area (Å²) in [5, 5.41) is 8.52. The van der Waals surface area contributed by atoms with Crippen molar-refractivity contribution in [2.75, 3.05) is 10.2 Å². The van der Waals surface area contributed by atoms with Gasteiger partial charge in [0.15, 0.2) is 5.58 Å². The lowest BCUT2D eigenvalue weighted by atomic mass is 9.94. The van der Waals surface area contributed by atoms with Crippen molar-refractivity contribution in [2.45, 2.75) is 6.17 Å². The zero-order chi connectivity index (χ0) is 32.1. The van der Waals surface area contributed by atoms with E-state index in [1.54, 1.807) is 0 Å². The van der Waals surface area contributed by atoms with E-state index in [-0.39, 0.29) is 6.17 Å². The van der Waals surface area contributed by atoms with E-state index < -0.39 is 0 Å². The lowest BCUT2D eigenvalue weighted by molar-refractivity contribution is 0.620. The fourth-order valence-electron chi connectivity index (χ4n) is 7.79. The monoisotopic (exact) mass is 629 g/mol. The van der Waals surface area contributed by atoms with Crippen LogP contribution in [0.15, 0.2) is 161 Å². The van der Waals surface area contributed by atoms with E-state index in [0.29, 0.717) is 5.89 Å². The number of fused-ring (bicyclic) bond motifs is 11. The fourth-order valence-corrected chi connectivity index (χ4v) is 7.79. The average Bonchev–Trinajstić information content (AvgIpc) is 3.87. The maximum atomic E-state index is 6.08. The van der Waals surface area contributed by atoms with Gasteiger partial charge in [-0.15, -0.1) is 0 Å². The molecule has 2 aliphatic rings. The zero-order valence-corrected chi connectivity index (χ0v) is 26.2. The Morgan fingerprint density at radius 1 is 0.612 bits per heavy atom. The minimum atomic E-state index is -0.0670. The Morgan fingerprint density at radius 2 is 1.33 bits per heavy atom. The normalized spacial score (nSPS) is 15.0. The first-order valence-corrected chi connectivity index (χ1v) is 16.5. The third kappa shape index (κ3) is 3.77. The standard InChI is InChI=1S/C43H27N5O/c1-2-13-30-28(11-1)32(26-21-23-27(24-22-26)42-45-36-17-7-10-20-39(36)49-42)25-33-29-12-4-8-18-37(29)47(40(30)33)43-46-34-15-5-3-14-31(34)41-44-35-16-6-9-19-38(35)48(41)43/h1-25,41,44H. The van der Waals surface area contributed by atoms with Crippen LogP contribution < -0.4 is 10.2 Å². The van der Waals surface area contributed by atoms with Gasteiger partial charge < -0.3 is 9.73 Å². The van der Waals surface area contributed by atoms with Crippen molar-refractivity contribution in [2.24, 2.45) is 4.99 Å². The van der Waals surface area contributed by atoms with Gasteiger partial charge in [-0.05, 0) is 71.1 Å². The molecule has 2 aliphatic heterocycles. The third-order valence-electron chi connectivity index (χ3n) is 9.99. The molecular weight excluding hydrogens is 603 g/mol. The molecule has 6 heteroatoms. The Balaban J connectivity index is 1.16. The summed E-state index contributed by atoms with van der Waals surface area (Å²) in [5.41, 5.74) is 11.5. The molecule has 11 rings (SSSR count). The first-order valence-electron chi connectivity index (χ1n) is 16.5. The van der Waals surface area contributed by atoms with Gasteiger partial charge in [0.2, 0.25) is 11.9 Å².